The Morgan fingerprint density at radius 3 is 1.95 bits per heavy atom. The van der Waals surface area contributed by atoms with E-state index in [1.54, 1.807) is 0 Å². The van der Waals surface area contributed by atoms with Gasteiger partial charge in [-0.15, -0.1) is 0 Å². The fourth-order valence-electron chi connectivity index (χ4n) is 4.53. The van der Waals surface area contributed by atoms with Gasteiger partial charge in [0.25, 0.3) is 0 Å². The Morgan fingerprint density at radius 1 is 1.00 bits per heavy atom. The summed E-state index contributed by atoms with van der Waals surface area (Å²) in [5.74, 6) is -0.794. The third-order valence-corrected chi connectivity index (χ3v) is 5.48. The second-order valence-electron chi connectivity index (χ2n) is 6.22. The molecule has 0 unspecified atom stereocenters. The van der Waals surface area contributed by atoms with E-state index in [0.717, 1.165) is 22.3 Å². The molecule has 3 aliphatic carbocycles. The average Bonchev–Trinajstić information content (AvgIpc) is 2.56. The summed E-state index contributed by atoms with van der Waals surface area (Å²) in [5.41, 5.74) is 2.43. The molecule has 22 heavy (non-hydrogen) atoms. The van der Waals surface area contributed by atoms with E-state index in [9.17, 15) is 15.2 Å². The normalized spacial score (nSPS) is 27.6. The first-order valence-electron chi connectivity index (χ1n) is 7.47. The molecule has 0 heterocycles. The molecular formula is C19H15NO2. The SMILES string of the molecule is N#CCC12CCC(C(=O)O)(c3ccccc31)c1ccccc12. The van der Waals surface area contributed by atoms with E-state index in [4.69, 9.17) is 0 Å². The predicted molar refractivity (Wildman–Crippen MR) is 81.5 cm³/mol. The number of benzene rings is 2. The zero-order chi connectivity index (χ0) is 15.4. The molecule has 0 atom stereocenters. The number of rotatable bonds is 2. The first kappa shape index (κ1) is 13.1. The Bertz CT molecular complexity index is 784. The fraction of sp³-hybridized carbons (Fsp3) is 0.263. The summed E-state index contributed by atoms with van der Waals surface area (Å²) in [4.78, 5) is 12.3. The predicted octanol–water partition coefficient (Wildman–Crippen LogP) is 3.36. The van der Waals surface area contributed by atoms with E-state index < -0.39 is 11.4 Å². The first-order valence-corrected chi connectivity index (χ1v) is 7.47. The molecule has 3 aliphatic rings. The molecule has 0 amide bonds. The highest BCUT2D eigenvalue weighted by Crippen LogP contribution is 2.60. The van der Waals surface area contributed by atoms with Gasteiger partial charge in [0.2, 0.25) is 0 Å². The standard InChI is InChI=1S/C19H15NO2/c20-12-11-18-9-10-19(17(21)22,15-7-3-1-5-13(15)18)16-8-4-2-6-14(16)18/h1-8H,9-11H2,(H,21,22). The molecule has 0 aromatic heterocycles. The Kier molecular flexibility index (Phi) is 2.50. The van der Waals surface area contributed by atoms with E-state index in [1.165, 1.54) is 0 Å². The van der Waals surface area contributed by atoms with Crippen molar-refractivity contribution in [3.63, 3.8) is 0 Å². The molecule has 0 radical (unpaired) electrons. The molecule has 2 aromatic rings. The van der Waals surface area contributed by atoms with Gasteiger partial charge in [-0.2, -0.15) is 5.26 Å². The highest BCUT2D eigenvalue weighted by molar-refractivity contribution is 5.90. The summed E-state index contributed by atoms with van der Waals surface area (Å²) in [6.45, 7) is 0. The first-order chi connectivity index (χ1) is 10.7. The lowest BCUT2D eigenvalue weighted by Gasteiger charge is -2.53. The van der Waals surface area contributed by atoms with E-state index in [-0.39, 0.29) is 5.41 Å². The third-order valence-electron chi connectivity index (χ3n) is 5.48. The van der Waals surface area contributed by atoms with Crippen LogP contribution >= 0.6 is 0 Å². The smallest absolute Gasteiger partial charge is 0.318 e. The van der Waals surface area contributed by atoms with Crippen LogP contribution in [0.1, 0.15) is 41.5 Å². The van der Waals surface area contributed by atoms with Crippen molar-refractivity contribution in [1.29, 1.82) is 5.26 Å². The van der Waals surface area contributed by atoms with Crippen molar-refractivity contribution in [3.05, 3.63) is 70.8 Å². The largest absolute Gasteiger partial charge is 0.480 e. The number of aliphatic carboxylic acids is 1. The third kappa shape index (κ3) is 1.28. The Hall–Kier alpha value is -2.60. The van der Waals surface area contributed by atoms with Crippen LogP contribution in [0.3, 0.4) is 0 Å². The molecular weight excluding hydrogens is 274 g/mol. The van der Waals surface area contributed by atoms with Crippen LogP contribution in [-0.4, -0.2) is 11.1 Å². The summed E-state index contributed by atoms with van der Waals surface area (Å²) in [5, 5.41) is 19.4. The lowest BCUT2D eigenvalue weighted by Crippen LogP contribution is -2.52. The lowest BCUT2D eigenvalue weighted by molar-refractivity contribution is -0.143. The Balaban J connectivity index is 2.16. The molecule has 2 bridgehead atoms. The van der Waals surface area contributed by atoms with Gasteiger partial charge in [-0.3, -0.25) is 4.79 Å². The molecule has 3 nitrogen and oxygen atoms in total. The van der Waals surface area contributed by atoms with Crippen molar-refractivity contribution in [1.82, 2.24) is 0 Å². The van der Waals surface area contributed by atoms with Crippen molar-refractivity contribution >= 4 is 5.97 Å². The van der Waals surface area contributed by atoms with Gasteiger partial charge in [-0.1, -0.05) is 48.5 Å². The maximum Gasteiger partial charge on any atom is 0.318 e. The van der Waals surface area contributed by atoms with Crippen molar-refractivity contribution in [2.45, 2.75) is 30.1 Å². The van der Waals surface area contributed by atoms with Crippen LogP contribution < -0.4 is 0 Å². The fourth-order valence-corrected chi connectivity index (χ4v) is 4.53. The second kappa shape index (κ2) is 4.20. The number of fused-ring (bicyclic) bond motifs is 1. The van der Waals surface area contributed by atoms with Crippen LogP contribution in [-0.2, 0) is 15.6 Å². The van der Waals surface area contributed by atoms with Crippen LogP contribution in [0.2, 0.25) is 0 Å². The quantitative estimate of drug-likeness (QED) is 0.922. The number of nitrogens with zero attached hydrogens (tertiary/aromatic N) is 1. The van der Waals surface area contributed by atoms with E-state index in [0.29, 0.717) is 19.3 Å². The lowest BCUT2D eigenvalue weighted by atomic mass is 9.48. The summed E-state index contributed by atoms with van der Waals surface area (Å²) >= 11 is 0. The van der Waals surface area contributed by atoms with Crippen LogP contribution in [0.4, 0.5) is 0 Å². The maximum absolute atomic E-state index is 12.3. The zero-order valence-corrected chi connectivity index (χ0v) is 12.0. The summed E-state index contributed by atoms with van der Waals surface area (Å²) < 4.78 is 0. The van der Waals surface area contributed by atoms with Crippen molar-refractivity contribution in [3.8, 4) is 6.07 Å². The number of carboxylic acid groups (broad SMARTS) is 1. The van der Waals surface area contributed by atoms with Crippen LogP contribution in [0.15, 0.2) is 48.5 Å². The van der Waals surface area contributed by atoms with Crippen molar-refractivity contribution in [2.75, 3.05) is 0 Å². The molecule has 0 saturated heterocycles. The van der Waals surface area contributed by atoms with E-state index >= 15 is 0 Å². The van der Waals surface area contributed by atoms with Crippen molar-refractivity contribution in [2.24, 2.45) is 0 Å². The van der Waals surface area contributed by atoms with E-state index in [2.05, 4.69) is 6.07 Å². The van der Waals surface area contributed by atoms with Crippen LogP contribution in [0, 0.1) is 11.3 Å². The minimum atomic E-state index is -0.968. The molecule has 0 aliphatic heterocycles. The summed E-state index contributed by atoms with van der Waals surface area (Å²) in [6.07, 6.45) is 1.65. The number of carbonyl (C=O) groups is 1. The van der Waals surface area contributed by atoms with Gasteiger partial charge >= 0.3 is 5.97 Å². The molecule has 0 saturated carbocycles. The molecule has 5 rings (SSSR count). The van der Waals surface area contributed by atoms with Gasteiger partial charge in [0, 0.05) is 11.8 Å². The molecule has 3 heteroatoms. The zero-order valence-electron chi connectivity index (χ0n) is 12.0. The van der Waals surface area contributed by atoms with Gasteiger partial charge < -0.3 is 5.11 Å². The van der Waals surface area contributed by atoms with Gasteiger partial charge in [0.05, 0.1) is 6.07 Å². The second-order valence-corrected chi connectivity index (χ2v) is 6.22. The maximum atomic E-state index is 12.3. The topological polar surface area (TPSA) is 61.1 Å². The van der Waals surface area contributed by atoms with Crippen molar-refractivity contribution < 1.29 is 9.90 Å². The Labute approximate surface area is 128 Å². The molecule has 1 N–H and O–H groups in total. The highest BCUT2D eigenvalue weighted by atomic mass is 16.4. The number of carboxylic acids is 1. The highest BCUT2D eigenvalue weighted by Gasteiger charge is 2.58. The molecule has 108 valence electrons. The average molecular weight is 289 g/mol. The molecule has 2 aromatic carbocycles. The van der Waals surface area contributed by atoms with Gasteiger partial charge in [0.1, 0.15) is 5.41 Å². The van der Waals surface area contributed by atoms with Gasteiger partial charge in [0.15, 0.2) is 0 Å². The summed E-state index contributed by atoms with van der Waals surface area (Å²) in [6, 6.07) is 17.8. The van der Waals surface area contributed by atoms with Crippen LogP contribution in [0.25, 0.3) is 0 Å². The Morgan fingerprint density at radius 2 is 1.50 bits per heavy atom. The summed E-state index contributed by atoms with van der Waals surface area (Å²) in [7, 11) is 0. The van der Waals surface area contributed by atoms with E-state index in [1.807, 2.05) is 48.5 Å². The monoisotopic (exact) mass is 289 g/mol. The number of hydrogen-bond donors (Lipinski definition) is 1. The molecule has 0 spiro atoms. The minimum absolute atomic E-state index is 0.362. The minimum Gasteiger partial charge on any atom is -0.480 e. The van der Waals surface area contributed by atoms with Crippen LogP contribution in [0.5, 0.6) is 0 Å². The van der Waals surface area contributed by atoms with Gasteiger partial charge in [-0.05, 0) is 35.1 Å². The molecule has 0 fully saturated rings. The number of nitriles is 1. The number of hydrogen-bond acceptors (Lipinski definition) is 2. The van der Waals surface area contributed by atoms with Gasteiger partial charge in [-0.25, -0.2) is 0 Å².